The van der Waals surface area contributed by atoms with E-state index in [-0.39, 0.29) is 23.5 Å². The summed E-state index contributed by atoms with van der Waals surface area (Å²) in [6.45, 7) is 3.84. The van der Waals surface area contributed by atoms with Crippen molar-refractivity contribution in [1.29, 1.82) is 0 Å². The summed E-state index contributed by atoms with van der Waals surface area (Å²) < 4.78 is 12.8. The van der Waals surface area contributed by atoms with Crippen molar-refractivity contribution in [2.75, 3.05) is 5.75 Å². The molecule has 2 rings (SSSR count). The van der Waals surface area contributed by atoms with E-state index in [0.29, 0.717) is 5.16 Å². The third-order valence-electron chi connectivity index (χ3n) is 2.93. The van der Waals surface area contributed by atoms with E-state index in [1.165, 1.54) is 23.9 Å². The lowest BCUT2D eigenvalue weighted by atomic mass is 10.1. The van der Waals surface area contributed by atoms with Gasteiger partial charge >= 0.3 is 0 Å². The fourth-order valence-corrected chi connectivity index (χ4v) is 2.38. The third-order valence-corrected chi connectivity index (χ3v) is 3.77. The molecule has 1 aromatic heterocycles. The fourth-order valence-electron chi connectivity index (χ4n) is 1.75. The summed E-state index contributed by atoms with van der Waals surface area (Å²) >= 11 is 1.28. The molecule has 1 amide bonds. The topological polar surface area (TPSA) is 70.7 Å². The van der Waals surface area contributed by atoms with E-state index < -0.39 is 0 Å². The molecule has 0 saturated heterocycles. The number of hydrogen-bond acceptors (Lipinski definition) is 4. The van der Waals surface area contributed by atoms with Gasteiger partial charge in [-0.1, -0.05) is 30.8 Å². The number of halogens is 1. The summed E-state index contributed by atoms with van der Waals surface area (Å²) in [6, 6.07) is 5.92. The second kappa shape index (κ2) is 7.21. The van der Waals surface area contributed by atoms with Gasteiger partial charge in [0.1, 0.15) is 11.6 Å². The molecule has 2 N–H and O–H groups in total. The number of nitrogens with one attached hydrogen (secondary N) is 2. The monoisotopic (exact) mass is 308 g/mol. The van der Waals surface area contributed by atoms with Crippen molar-refractivity contribution in [1.82, 2.24) is 20.5 Å². The summed E-state index contributed by atoms with van der Waals surface area (Å²) in [7, 11) is 0. The van der Waals surface area contributed by atoms with E-state index in [4.69, 9.17) is 0 Å². The number of aromatic nitrogens is 3. The molecule has 1 unspecified atom stereocenters. The zero-order chi connectivity index (χ0) is 15.2. The van der Waals surface area contributed by atoms with Crippen LogP contribution in [0.25, 0.3) is 0 Å². The van der Waals surface area contributed by atoms with Crippen LogP contribution in [0, 0.1) is 5.82 Å². The maximum atomic E-state index is 12.8. The first kappa shape index (κ1) is 15.5. The maximum Gasteiger partial charge on any atom is 0.230 e. The number of amides is 1. The number of nitrogens with zero attached hydrogens (tertiary/aromatic N) is 2. The van der Waals surface area contributed by atoms with Gasteiger partial charge in [-0.05, 0) is 24.6 Å². The summed E-state index contributed by atoms with van der Waals surface area (Å²) in [5, 5.41) is 10.2. The molecule has 1 aromatic carbocycles. The van der Waals surface area contributed by atoms with Crippen LogP contribution in [0.5, 0.6) is 0 Å². The second-order valence-electron chi connectivity index (χ2n) is 4.55. The minimum Gasteiger partial charge on any atom is -0.349 e. The smallest absolute Gasteiger partial charge is 0.230 e. The summed E-state index contributed by atoms with van der Waals surface area (Å²) in [4.78, 5) is 16.1. The van der Waals surface area contributed by atoms with Gasteiger partial charge in [-0.25, -0.2) is 9.37 Å². The molecule has 1 heterocycles. The van der Waals surface area contributed by atoms with Gasteiger partial charge in [0.2, 0.25) is 11.1 Å². The van der Waals surface area contributed by atoms with Crippen LogP contribution in [0.1, 0.15) is 31.3 Å². The molecular weight excluding hydrogens is 291 g/mol. The first-order valence-electron chi connectivity index (χ1n) is 6.67. The molecule has 0 bridgehead atoms. The highest BCUT2D eigenvalue weighted by Gasteiger charge is 2.11. The van der Waals surface area contributed by atoms with Gasteiger partial charge < -0.3 is 5.32 Å². The molecule has 0 fully saturated rings. The molecule has 5 nitrogen and oxygen atoms in total. The molecule has 0 radical (unpaired) electrons. The minimum absolute atomic E-state index is 0.111. The Morgan fingerprint density at radius 2 is 2.14 bits per heavy atom. The molecule has 0 spiro atoms. The van der Waals surface area contributed by atoms with Gasteiger partial charge in [0.05, 0.1) is 11.8 Å². The number of aryl methyl sites for hydroxylation is 1. The van der Waals surface area contributed by atoms with Crippen molar-refractivity contribution in [3.05, 3.63) is 41.5 Å². The normalized spacial score (nSPS) is 12.1. The Hall–Kier alpha value is -1.89. The predicted molar refractivity (Wildman–Crippen MR) is 79.4 cm³/mol. The zero-order valence-corrected chi connectivity index (χ0v) is 12.7. The van der Waals surface area contributed by atoms with Crippen molar-refractivity contribution >= 4 is 17.7 Å². The maximum absolute atomic E-state index is 12.8. The number of benzene rings is 1. The van der Waals surface area contributed by atoms with E-state index in [1.54, 1.807) is 12.1 Å². The fraction of sp³-hybridized carbons (Fsp3) is 0.357. The Balaban J connectivity index is 1.82. The Labute approximate surface area is 126 Å². The number of thioether (sulfide) groups is 1. The molecule has 0 aliphatic rings. The van der Waals surface area contributed by atoms with Crippen LogP contribution in [0.3, 0.4) is 0 Å². The van der Waals surface area contributed by atoms with Crippen LogP contribution in [0.4, 0.5) is 4.39 Å². The van der Waals surface area contributed by atoms with Crippen LogP contribution >= 0.6 is 11.8 Å². The number of carbonyl (C=O) groups is 1. The van der Waals surface area contributed by atoms with Gasteiger partial charge in [0.15, 0.2) is 0 Å². The van der Waals surface area contributed by atoms with Crippen molar-refractivity contribution in [2.24, 2.45) is 0 Å². The number of rotatable bonds is 6. The lowest BCUT2D eigenvalue weighted by Crippen LogP contribution is -2.28. The Morgan fingerprint density at radius 1 is 1.43 bits per heavy atom. The van der Waals surface area contributed by atoms with Gasteiger partial charge in [0, 0.05) is 6.42 Å². The number of carbonyl (C=O) groups excluding carboxylic acids is 1. The van der Waals surface area contributed by atoms with Crippen LogP contribution in [-0.4, -0.2) is 26.8 Å². The SMILES string of the molecule is CCc1nc(SCC(=O)NC(C)c2ccc(F)cc2)n[nH]1. The number of H-pyrrole nitrogens is 1. The van der Waals surface area contributed by atoms with Crippen LogP contribution in [-0.2, 0) is 11.2 Å². The molecule has 0 aliphatic carbocycles. The van der Waals surface area contributed by atoms with Gasteiger partial charge in [-0.3, -0.25) is 9.89 Å². The minimum atomic E-state index is -0.288. The number of hydrogen-bond donors (Lipinski definition) is 2. The molecule has 0 aliphatic heterocycles. The van der Waals surface area contributed by atoms with Gasteiger partial charge in [-0.2, -0.15) is 0 Å². The molecule has 1 atom stereocenters. The van der Waals surface area contributed by atoms with Crippen LogP contribution in [0.15, 0.2) is 29.4 Å². The third kappa shape index (κ3) is 4.56. The van der Waals surface area contributed by atoms with E-state index in [2.05, 4.69) is 20.5 Å². The molecule has 7 heteroatoms. The van der Waals surface area contributed by atoms with Crippen molar-refractivity contribution in [3.8, 4) is 0 Å². The Morgan fingerprint density at radius 3 is 2.76 bits per heavy atom. The van der Waals surface area contributed by atoms with Gasteiger partial charge in [0.25, 0.3) is 0 Å². The Bertz CT molecular complexity index is 599. The zero-order valence-electron chi connectivity index (χ0n) is 11.9. The van der Waals surface area contributed by atoms with E-state index in [9.17, 15) is 9.18 Å². The highest BCUT2D eigenvalue weighted by Crippen LogP contribution is 2.15. The quantitative estimate of drug-likeness (QED) is 0.804. The highest BCUT2D eigenvalue weighted by atomic mass is 32.2. The van der Waals surface area contributed by atoms with Crippen molar-refractivity contribution in [2.45, 2.75) is 31.5 Å². The van der Waals surface area contributed by atoms with Gasteiger partial charge in [-0.15, -0.1) is 5.10 Å². The van der Waals surface area contributed by atoms with Crippen molar-refractivity contribution in [3.63, 3.8) is 0 Å². The number of aromatic amines is 1. The summed E-state index contributed by atoms with van der Waals surface area (Å²) in [6.07, 6.45) is 0.779. The second-order valence-corrected chi connectivity index (χ2v) is 5.49. The standard InChI is InChI=1S/C14H17FN4OS/c1-3-12-17-14(19-18-12)21-8-13(20)16-9(2)10-4-6-11(15)7-5-10/h4-7,9H,3,8H2,1-2H3,(H,16,20)(H,17,18,19). The lowest BCUT2D eigenvalue weighted by molar-refractivity contribution is -0.119. The van der Waals surface area contributed by atoms with Crippen LogP contribution in [0.2, 0.25) is 0 Å². The molecule has 2 aromatic rings. The van der Waals surface area contributed by atoms with E-state index in [0.717, 1.165) is 17.8 Å². The molecular formula is C14H17FN4OS. The highest BCUT2D eigenvalue weighted by molar-refractivity contribution is 7.99. The molecule has 112 valence electrons. The summed E-state index contributed by atoms with van der Waals surface area (Å²) in [5.74, 6) is 0.647. The lowest BCUT2D eigenvalue weighted by Gasteiger charge is -2.13. The average Bonchev–Trinajstić information content (AvgIpc) is 2.94. The average molecular weight is 308 g/mol. The molecule has 21 heavy (non-hydrogen) atoms. The first-order chi connectivity index (χ1) is 10.1. The summed E-state index contributed by atoms with van der Waals surface area (Å²) in [5.41, 5.74) is 0.862. The van der Waals surface area contributed by atoms with Crippen molar-refractivity contribution < 1.29 is 9.18 Å². The van der Waals surface area contributed by atoms with E-state index >= 15 is 0 Å². The van der Waals surface area contributed by atoms with Crippen LogP contribution < -0.4 is 5.32 Å². The largest absolute Gasteiger partial charge is 0.349 e. The Kier molecular flexibility index (Phi) is 5.32. The predicted octanol–water partition coefficient (Wildman–Crippen LogP) is 2.48. The molecule has 0 saturated carbocycles. The van der Waals surface area contributed by atoms with E-state index in [1.807, 2.05) is 13.8 Å². The first-order valence-corrected chi connectivity index (χ1v) is 7.66.